The van der Waals surface area contributed by atoms with Crippen LogP contribution in [0.25, 0.3) is 11.0 Å². The number of hydrogen-bond acceptors (Lipinski definition) is 7. The maximum Gasteiger partial charge on any atom is 0.207 e. The van der Waals surface area contributed by atoms with Gasteiger partial charge in [-0.2, -0.15) is 5.10 Å². The van der Waals surface area contributed by atoms with Gasteiger partial charge < -0.3 is 5.32 Å². The number of benzene rings is 1. The number of nitrogens with one attached hydrogen (secondary N) is 1. The third-order valence-corrected chi connectivity index (χ3v) is 4.30. The zero-order valence-corrected chi connectivity index (χ0v) is 14.1. The molecule has 26 heavy (non-hydrogen) atoms. The number of aliphatic imine (C=N–C) groups is 1. The molecular weight excluding hydrogens is 332 g/mol. The lowest BCUT2D eigenvalue weighted by Crippen LogP contribution is -2.27. The Hall–Kier alpha value is -3.42. The second-order valence-corrected chi connectivity index (χ2v) is 5.96. The van der Waals surface area contributed by atoms with Gasteiger partial charge in [-0.1, -0.05) is 24.3 Å². The molecule has 1 aliphatic carbocycles. The van der Waals surface area contributed by atoms with E-state index in [-0.39, 0.29) is 18.0 Å². The summed E-state index contributed by atoms with van der Waals surface area (Å²) >= 11 is 0. The fourth-order valence-corrected chi connectivity index (χ4v) is 3.00. The van der Waals surface area contributed by atoms with E-state index in [9.17, 15) is 9.59 Å². The fraction of sp³-hybridized carbons (Fsp3) is 0.222. The van der Waals surface area contributed by atoms with E-state index < -0.39 is 0 Å². The molecule has 0 fully saturated rings. The topological polar surface area (TPSA) is 102 Å². The zero-order valence-electron chi connectivity index (χ0n) is 14.1. The summed E-state index contributed by atoms with van der Waals surface area (Å²) in [5.74, 6) is 0.427. The minimum atomic E-state index is -0.170. The van der Waals surface area contributed by atoms with Gasteiger partial charge in [-0.15, -0.1) is 0 Å². The van der Waals surface area contributed by atoms with Gasteiger partial charge in [0, 0.05) is 24.7 Å². The van der Waals surface area contributed by atoms with Crippen LogP contribution in [0.3, 0.4) is 0 Å². The van der Waals surface area contributed by atoms with Gasteiger partial charge in [-0.25, -0.2) is 9.97 Å². The van der Waals surface area contributed by atoms with Gasteiger partial charge in [0.25, 0.3) is 0 Å². The van der Waals surface area contributed by atoms with Crippen LogP contribution in [-0.4, -0.2) is 50.1 Å². The summed E-state index contributed by atoms with van der Waals surface area (Å²) in [6, 6.07) is 6.87. The van der Waals surface area contributed by atoms with Crippen molar-refractivity contribution in [3.63, 3.8) is 0 Å². The van der Waals surface area contributed by atoms with Crippen molar-refractivity contribution in [3.05, 3.63) is 47.9 Å². The van der Waals surface area contributed by atoms with Crippen molar-refractivity contribution in [2.24, 2.45) is 12.0 Å². The van der Waals surface area contributed by atoms with E-state index >= 15 is 0 Å². The lowest BCUT2D eigenvalue weighted by atomic mass is 9.88. The molecule has 1 aromatic carbocycles. The number of aromatic nitrogens is 4. The van der Waals surface area contributed by atoms with Gasteiger partial charge in [0.2, 0.25) is 5.78 Å². The number of carbonyl (C=O) groups excluding carboxylic acids is 2. The fourth-order valence-electron chi connectivity index (χ4n) is 3.00. The van der Waals surface area contributed by atoms with Crippen LogP contribution >= 0.6 is 0 Å². The van der Waals surface area contributed by atoms with E-state index in [1.165, 1.54) is 6.33 Å². The summed E-state index contributed by atoms with van der Waals surface area (Å²) in [7, 11) is 1.81. The van der Waals surface area contributed by atoms with E-state index in [2.05, 4.69) is 25.4 Å². The molecule has 2 aromatic heterocycles. The zero-order chi connectivity index (χ0) is 18.1. The van der Waals surface area contributed by atoms with Gasteiger partial charge in [-0.05, 0) is 0 Å². The number of Topliss-reactive ketones (excluding diaryl/α,β-unsaturated/α-hetero) is 2. The highest BCUT2D eigenvalue weighted by Crippen LogP contribution is 2.20. The molecule has 2 heterocycles. The van der Waals surface area contributed by atoms with Crippen LogP contribution in [0.4, 0.5) is 5.82 Å². The summed E-state index contributed by atoms with van der Waals surface area (Å²) in [5.41, 5.74) is 1.96. The van der Waals surface area contributed by atoms with Crippen molar-refractivity contribution in [2.75, 3.05) is 18.4 Å². The molecule has 0 unspecified atom stereocenters. The van der Waals surface area contributed by atoms with Crippen molar-refractivity contribution in [3.8, 4) is 0 Å². The smallest absolute Gasteiger partial charge is 0.207 e. The first-order valence-corrected chi connectivity index (χ1v) is 8.22. The number of nitrogens with zero attached hydrogens (tertiary/aromatic N) is 5. The molecule has 0 radical (unpaired) electrons. The minimum Gasteiger partial charge on any atom is -0.367 e. The molecule has 1 N–H and O–H groups in total. The van der Waals surface area contributed by atoms with Crippen molar-refractivity contribution in [2.45, 2.75) is 6.42 Å². The first-order valence-electron chi connectivity index (χ1n) is 8.22. The Morgan fingerprint density at radius 1 is 1.19 bits per heavy atom. The molecule has 3 aromatic rings. The summed E-state index contributed by atoms with van der Waals surface area (Å²) in [6.45, 7) is 0.843. The number of aryl methyl sites for hydroxylation is 1. The van der Waals surface area contributed by atoms with Crippen LogP contribution in [0.1, 0.15) is 27.1 Å². The van der Waals surface area contributed by atoms with Gasteiger partial charge in [0.1, 0.15) is 12.1 Å². The average molecular weight is 348 g/mol. The SMILES string of the molecule is Cn1ncc2c(NCCN=C3CC(=O)c4ccccc4C3=O)ncnc21. The molecule has 0 amide bonds. The maximum absolute atomic E-state index is 12.5. The molecule has 8 nitrogen and oxygen atoms in total. The second kappa shape index (κ2) is 6.47. The molecule has 1 aliphatic rings. The van der Waals surface area contributed by atoms with E-state index in [1.807, 2.05) is 7.05 Å². The molecule has 130 valence electrons. The molecule has 0 bridgehead atoms. The van der Waals surface area contributed by atoms with Crippen LogP contribution in [0, 0.1) is 0 Å². The molecule has 0 spiro atoms. The third kappa shape index (κ3) is 2.75. The Kier molecular flexibility index (Phi) is 4.00. The Labute approximate surface area is 149 Å². The van der Waals surface area contributed by atoms with Crippen molar-refractivity contribution >= 4 is 34.1 Å². The molecule has 0 aliphatic heterocycles. The van der Waals surface area contributed by atoms with Crippen LogP contribution in [0.15, 0.2) is 41.8 Å². The van der Waals surface area contributed by atoms with Gasteiger partial charge in [-0.3, -0.25) is 19.3 Å². The molecule has 4 rings (SSSR count). The standard InChI is InChI=1S/C18H16N6O2/c1-24-18-13(9-23-24)17(21-10-22-18)20-7-6-19-14-8-15(25)11-4-2-3-5-12(11)16(14)26/h2-5,9-10H,6-8H2,1H3,(H,20,21,22). The van der Waals surface area contributed by atoms with Crippen molar-refractivity contribution < 1.29 is 9.59 Å². The average Bonchev–Trinajstić information content (AvgIpc) is 3.04. The Morgan fingerprint density at radius 3 is 2.85 bits per heavy atom. The Morgan fingerprint density at radius 2 is 2.00 bits per heavy atom. The molecule has 0 saturated heterocycles. The van der Waals surface area contributed by atoms with E-state index in [0.717, 1.165) is 11.0 Å². The van der Waals surface area contributed by atoms with Crippen LogP contribution in [0.2, 0.25) is 0 Å². The van der Waals surface area contributed by atoms with Gasteiger partial charge in [0.15, 0.2) is 11.4 Å². The highest BCUT2D eigenvalue weighted by Gasteiger charge is 2.28. The largest absolute Gasteiger partial charge is 0.367 e. The van der Waals surface area contributed by atoms with Crippen LogP contribution in [0.5, 0.6) is 0 Å². The third-order valence-electron chi connectivity index (χ3n) is 4.30. The summed E-state index contributed by atoms with van der Waals surface area (Å²) in [5, 5.41) is 8.16. The van der Waals surface area contributed by atoms with E-state index in [1.54, 1.807) is 35.1 Å². The quantitative estimate of drug-likeness (QED) is 0.720. The lowest BCUT2D eigenvalue weighted by Gasteiger charge is -2.15. The number of ketones is 2. The predicted octanol–water partition coefficient (Wildman–Crippen LogP) is 1.69. The maximum atomic E-state index is 12.5. The Balaban J connectivity index is 1.46. The molecule has 0 saturated carbocycles. The minimum absolute atomic E-state index is 0.0518. The molecule has 0 atom stereocenters. The van der Waals surface area contributed by atoms with Crippen LogP contribution in [-0.2, 0) is 7.05 Å². The van der Waals surface area contributed by atoms with Crippen LogP contribution < -0.4 is 5.32 Å². The first-order chi connectivity index (χ1) is 12.6. The predicted molar refractivity (Wildman–Crippen MR) is 96.8 cm³/mol. The normalized spacial score (nSPS) is 15.5. The van der Waals surface area contributed by atoms with Crippen molar-refractivity contribution in [1.82, 2.24) is 19.7 Å². The first kappa shape index (κ1) is 16.1. The number of carbonyl (C=O) groups is 2. The second-order valence-electron chi connectivity index (χ2n) is 5.96. The summed E-state index contributed by atoms with van der Waals surface area (Å²) < 4.78 is 1.67. The van der Waals surface area contributed by atoms with E-state index in [0.29, 0.717) is 35.7 Å². The van der Waals surface area contributed by atoms with Gasteiger partial charge >= 0.3 is 0 Å². The Bertz CT molecular complexity index is 1050. The van der Waals surface area contributed by atoms with Crippen molar-refractivity contribution in [1.29, 1.82) is 0 Å². The molecule has 8 heteroatoms. The highest BCUT2D eigenvalue weighted by molar-refractivity contribution is 6.52. The monoisotopic (exact) mass is 348 g/mol. The number of hydrogen-bond donors (Lipinski definition) is 1. The highest BCUT2D eigenvalue weighted by atomic mass is 16.1. The number of anilines is 1. The number of rotatable bonds is 4. The number of fused-ring (bicyclic) bond motifs is 2. The van der Waals surface area contributed by atoms with E-state index in [4.69, 9.17) is 0 Å². The summed E-state index contributed by atoms with van der Waals surface area (Å²) in [4.78, 5) is 37.4. The summed E-state index contributed by atoms with van der Waals surface area (Å²) in [6.07, 6.45) is 3.22. The lowest BCUT2D eigenvalue weighted by molar-refractivity contribution is 0.0964. The molecular formula is C18H16N6O2. The van der Waals surface area contributed by atoms with Gasteiger partial charge in [0.05, 0.1) is 30.3 Å².